The van der Waals surface area contributed by atoms with Gasteiger partial charge >= 0.3 is 12.2 Å². The average molecular weight is 411 g/mol. The zero-order valence-corrected chi connectivity index (χ0v) is 17.9. The standard InChI is InChI=1S/C21H25N5O4/c1-20(2,3)29-18(27)26(19(28)30-21(4,5)6)17-15-16(22-12-23-17)25(13-24-15)14-10-8-7-9-11-14/h7-13H,1-6H3. The van der Waals surface area contributed by atoms with Gasteiger partial charge in [-0.15, -0.1) is 0 Å². The summed E-state index contributed by atoms with van der Waals surface area (Å²) in [5.41, 5.74) is -0.133. The predicted octanol–water partition coefficient (Wildman–Crippen LogP) is 4.49. The first-order chi connectivity index (χ1) is 14.0. The number of imidazole rings is 1. The summed E-state index contributed by atoms with van der Waals surface area (Å²) in [5, 5.41) is 0. The van der Waals surface area contributed by atoms with Crippen molar-refractivity contribution in [2.45, 2.75) is 52.7 Å². The largest absolute Gasteiger partial charge is 0.443 e. The lowest BCUT2D eigenvalue weighted by Crippen LogP contribution is -2.44. The number of carbonyl (C=O) groups is 2. The molecule has 0 atom stereocenters. The molecule has 0 N–H and O–H groups in total. The van der Waals surface area contributed by atoms with Crippen molar-refractivity contribution in [2.75, 3.05) is 4.90 Å². The number of hydrogen-bond donors (Lipinski definition) is 0. The molecule has 2 amide bonds. The van der Waals surface area contributed by atoms with Crippen LogP contribution in [0.1, 0.15) is 41.5 Å². The number of carbonyl (C=O) groups excluding carboxylic acids is 2. The van der Waals surface area contributed by atoms with E-state index >= 15 is 0 Å². The van der Waals surface area contributed by atoms with Crippen LogP contribution >= 0.6 is 0 Å². The zero-order valence-electron chi connectivity index (χ0n) is 17.9. The van der Waals surface area contributed by atoms with Gasteiger partial charge in [0.1, 0.15) is 23.9 Å². The highest BCUT2D eigenvalue weighted by atomic mass is 16.6. The minimum atomic E-state index is -0.911. The summed E-state index contributed by atoms with van der Waals surface area (Å²) in [5.74, 6) is -0.0156. The Hall–Kier alpha value is -3.49. The minimum absolute atomic E-state index is 0.0156. The summed E-state index contributed by atoms with van der Waals surface area (Å²) in [7, 11) is 0. The van der Waals surface area contributed by atoms with Crippen LogP contribution in [0.2, 0.25) is 0 Å². The molecule has 2 heterocycles. The van der Waals surface area contributed by atoms with Gasteiger partial charge in [0.15, 0.2) is 17.0 Å². The molecule has 0 aliphatic rings. The van der Waals surface area contributed by atoms with Crippen LogP contribution in [0.4, 0.5) is 15.4 Å². The molecule has 9 heteroatoms. The summed E-state index contributed by atoms with van der Waals surface area (Å²) in [6, 6.07) is 9.45. The summed E-state index contributed by atoms with van der Waals surface area (Å²) >= 11 is 0. The lowest BCUT2D eigenvalue weighted by molar-refractivity contribution is 0.0429. The second-order valence-electron chi connectivity index (χ2n) is 8.62. The molecule has 0 radical (unpaired) electrons. The van der Waals surface area contributed by atoms with Crippen molar-refractivity contribution in [3.05, 3.63) is 43.0 Å². The van der Waals surface area contributed by atoms with Gasteiger partial charge in [-0.1, -0.05) is 18.2 Å². The van der Waals surface area contributed by atoms with Crippen LogP contribution < -0.4 is 4.90 Å². The van der Waals surface area contributed by atoms with Crippen LogP contribution in [0.5, 0.6) is 0 Å². The molecular weight excluding hydrogens is 386 g/mol. The van der Waals surface area contributed by atoms with Crippen molar-refractivity contribution in [1.82, 2.24) is 19.5 Å². The Labute approximate surface area is 174 Å². The van der Waals surface area contributed by atoms with E-state index in [2.05, 4.69) is 15.0 Å². The molecular formula is C21H25N5O4. The van der Waals surface area contributed by atoms with Gasteiger partial charge in [0.2, 0.25) is 0 Å². The summed E-state index contributed by atoms with van der Waals surface area (Å²) in [6.45, 7) is 10.2. The molecule has 0 saturated heterocycles. The van der Waals surface area contributed by atoms with Gasteiger partial charge in [0, 0.05) is 5.69 Å². The van der Waals surface area contributed by atoms with Crippen molar-refractivity contribution in [1.29, 1.82) is 0 Å². The smallest absolute Gasteiger partial charge is 0.425 e. The van der Waals surface area contributed by atoms with E-state index in [4.69, 9.17) is 9.47 Å². The number of benzene rings is 1. The molecule has 2 aromatic heterocycles. The second kappa shape index (κ2) is 7.74. The molecule has 1 aromatic carbocycles. The van der Waals surface area contributed by atoms with Crippen LogP contribution in [-0.4, -0.2) is 42.9 Å². The third-order valence-corrected chi connectivity index (χ3v) is 3.71. The Bertz CT molecular complexity index is 1040. The molecule has 9 nitrogen and oxygen atoms in total. The topological polar surface area (TPSA) is 99.4 Å². The number of nitrogens with zero attached hydrogens (tertiary/aromatic N) is 5. The van der Waals surface area contributed by atoms with E-state index in [-0.39, 0.29) is 11.3 Å². The maximum atomic E-state index is 12.9. The maximum absolute atomic E-state index is 12.9. The highest BCUT2D eigenvalue weighted by molar-refractivity contribution is 6.12. The fourth-order valence-corrected chi connectivity index (χ4v) is 2.63. The third kappa shape index (κ3) is 4.73. The van der Waals surface area contributed by atoms with Crippen LogP contribution in [-0.2, 0) is 9.47 Å². The Balaban J connectivity index is 2.12. The second-order valence-corrected chi connectivity index (χ2v) is 8.62. The van der Waals surface area contributed by atoms with Crippen LogP contribution in [0.3, 0.4) is 0 Å². The molecule has 30 heavy (non-hydrogen) atoms. The van der Waals surface area contributed by atoms with E-state index < -0.39 is 23.4 Å². The molecule has 3 rings (SSSR count). The van der Waals surface area contributed by atoms with E-state index in [1.54, 1.807) is 52.4 Å². The van der Waals surface area contributed by atoms with Crippen molar-refractivity contribution in [2.24, 2.45) is 0 Å². The normalized spacial score (nSPS) is 11.9. The van der Waals surface area contributed by atoms with Crippen molar-refractivity contribution in [3.63, 3.8) is 0 Å². The van der Waals surface area contributed by atoms with E-state index in [1.807, 2.05) is 30.3 Å². The number of rotatable bonds is 2. The van der Waals surface area contributed by atoms with Gasteiger partial charge in [-0.05, 0) is 53.7 Å². The lowest BCUT2D eigenvalue weighted by atomic mass is 10.2. The quantitative estimate of drug-likeness (QED) is 0.612. The zero-order chi connectivity index (χ0) is 22.1. The molecule has 0 saturated carbocycles. The van der Waals surface area contributed by atoms with Gasteiger partial charge in [-0.2, -0.15) is 4.90 Å². The lowest BCUT2D eigenvalue weighted by Gasteiger charge is -2.28. The number of ether oxygens (including phenoxy) is 2. The van der Waals surface area contributed by atoms with Gasteiger partial charge in [-0.25, -0.2) is 24.5 Å². The molecule has 0 unspecified atom stereocenters. The molecule has 0 fully saturated rings. The van der Waals surface area contributed by atoms with Crippen LogP contribution in [0.25, 0.3) is 16.9 Å². The van der Waals surface area contributed by atoms with Crippen molar-refractivity contribution in [3.8, 4) is 5.69 Å². The Morgan fingerprint density at radius 2 is 1.43 bits per heavy atom. The predicted molar refractivity (Wildman–Crippen MR) is 112 cm³/mol. The Morgan fingerprint density at radius 3 is 1.97 bits per heavy atom. The first-order valence-corrected chi connectivity index (χ1v) is 9.46. The highest BCUT2D eigenvalue weighted by Crippen LogP contribution is 2.27. The van der Waals surface area contributed by atoms with Crippen molar-refractivity contribution >= 4 is 29.2 Å². The number of amides is 2. The Morgan fingerprint density at radius 1 is 0.867 bits per heavy atom. The SMILES string of the molecule is CC(C)(C)OC(=O)N(C(=O)OC(C)(C)C)c1ncnc2c1ncn2-c1ccccc1. The number of anilines is 1. The maximum Gasteiger partial charge on any atom is 0.425 e. The minimum Gasteiger partial charge on any atom is -0.443 e. The van der Waals surface area contributed by atoms with Crippen LogP contribution in [0, 0.1) is 0 Å². The van der Waals surface area contributed by atoms with Gasteiger partial charge in [0.25, 0.3) is 0 Å². The van der Waals surface area contributed by atoms with E-state index in [0.717, 1.165) is 10.6 Å². The molecule has 0 aliphatic carbocycles. The molecule has 0 bridgehead atoms. The fourth-order valence-electron chi connectivity index (χ4n) is 2.63. The van der Waals surface area contributed by atoms with Gasteiger partial charge in [-0.3, -0.25) is 4.57 Å². The van der Waals surface area contributed by atoms with Gasteiger partial charge in [0.05, 0.1) is 0 Å². The monoisotopic (exact) mass is 411 g/mol. The highest BCUT2D eigenvalue weighted by Gasteiger charge is 2.35. The average Bonchev–Trinajstić information content (AvgIpc) is 3.04. The van der Waals surface area contributed by atoms with E-state index in [0.29, 0.717) is 5.65 Å². The molecule has 3 aromatic rings. The third-order valence-electron chi connectivity index (χ3n) is 3.71. The molecule has 0 aliphatic heterocycles. The molecule has 158 valence electrons. The number of imide groups is 1. The number of hydrogen-bond acceptors (Lipinski definition) is 7. The van der Waals surface area contributed by atoms with Crippen molar-refractivity contribution < 1.29 is 19.1 Å². The van der Waals surface area contributed by atoms with E-state index in [9.17, 15) is 9.59 Å². The number of fused-ring (bicyclic) bond motifs is 1. The van der Waals surface area contributed by atoms with Crippen LogP contribution in [0.15, 0.2) is 43.0 Å². The summed E-state index contributed by atoms with van der Waals surface area (Å²) < 4.78 is 12.6. The first-order valence-electron chi connectivity index (χ1n) is 9.46. The first kappa shape index (κ1) is 21.2. The fraction of sp³-hybridized carbons (Fsp3) is 0.381. The van der Waals surface area contributed by atoms with Gasteiger partial charge < -0.3 is 9.47 Å². The molecule has 0 spiro atoms. The Kier molecular flexibility index (Phi) is 5.47. The summed E-state index contributed by atoms with van der Waals surface area (Å²) in [4.78, 5) is 39.4. The van der Waals surface area contributed by atoms with E-state index in [1.165, 1.54) is 6.33 Å². The summed E-state index contributed by atoms with van der Waals surface area (Å²) in [6.07, 6.45) is 0.998. The number of para-hydroxylation sites is 1. The number of aromatic nitrogens is 4.